The molecule has 2 saturated carbocycles. The quantitative estimate of drug-likeness (QED) is 0.0776. The van der Waals surface area contributed by atoms with Gasteiger partial charge < -0.3 is 51.9 Å². The second-order valence-corrected chi connectivity index (χ2v) is 14.3. The van der Waals surface area contributed by atoms with E-state index in [1.165, 1.54) is 6.07 Å². The average Bonchev–Trinajstić information content (AvgIpc) is 3.08. The highest BCUT2D eigenvalue weighted by Gasteiger charge is 2.22. The molecule has 2 aromatic rings. The molecule has 296 valence electrons. The third kappa shape index (κ3) is 21.1. The Balaban J connectivity index is 0.000000718. The van der Waals surface area contributed by atoms with E-state index in [1.807, 2.05) is 59.7 Å². The summed E-state index contributed by atoms with van der Waals surface area (Å²) in [6.45, 7) is 11.8. The fraction of sp³-hybridized carbons (Fsp3) is 0.622. The number of carbonyl (C=O) groups excluding carboxylic acids is 2. The van der Waals surface area contributed by atoms with Crippen molar-refractivity contribution < 1.29 is 38.6 Å². The number of nitrogens with two attached hydrogens (primary N) is 3. The summed E-state index contributed by atoms with van der Waals surface area (Å²) in [7, 11) is 4.21. The highest BCUT2D eigenvalue weighted by molar-refractivity contribution is 5.68. The Morgan fingerprint density at radius 2 is 1.08 bits per heavy atom. The lowest BCUT2D eigenvalue weighted by Gasteiger charge is -2.28. The number of methoxy groups -OCH3 is 2. The first-order valence-corrected chi connectivity index (χ1v) is 17.4. The van der Waals surface area contributed by atoms with Crippen LogP contribution in [0, 0.1) is 10.1 Å². The minimum absolute atomic E-state index is 0.0793. The summed E-state index contributed by atoms with van der Waals surface area (Å²) in [6, 6.07) is 11.8. The van der Waals surface area contributed by atoms with E-state index in [-0.39, 0.29) is 33.9 Å². The summed E-state index contributed by atoms with van der Waals surface area (Å²) < 4.78 is 19.4. The van der Waals surface area contributed by atoms with Crippen LogP contribution in [-0.4, -0.2) is 79.7 Å². The topological polar surface area (TPSA) is 237 Å². The highest BCUT2D eigenvalue weighted by Crippen LogP contribution is 2.32. The fourth-order valence-corrected chi connectivity index (χ4v) is 4.96. The number of hydrogen-bond donors (Lipinski definition) is 6. The molecule has 2 aliphatic rings. The van der Waals surface area contributed by atoms with E-state index < -0.39 is 0 Å². The summed E-state index contributed by atoms with van der Waals surface area (Å²) in [5.74, 6) is 1.44. The van der Waals surface area contributed by atoms with Gasteiger partial charge in [0.05, 0.1) is 30.5 Å². The molecule has 15 nitrogen and oxygen atoms in total. The smallest absolute Gasteiger partial charge is 0.293 e. The van der Waals surface area contributed by atoms with Gasteiger partial charge in [-0.25, -0.2) is 0 Å². The van der Waals surface area contributed by atoms with Crippen LogP contribution in [0.25, 0.3) is 0 Å². The van der Waals surface area contributed by atoms with Gasteiger partial charge in [-0.1, -0.05) is 0 Å². The number of benzene rings is 2. The molecule has 52 heavy (non-hydrogen) atoms. The standard InChI is InChI=1S/C13H19N3O3.C13H21N3O.2C5H10O2.CH4O/c1-19-11-6-7-13(16(17)18)12(8-11)15-10-4-2-9(14)3-5-10;1-17-11-6-7-12(15)13(8-11)16-10-4-2-9(14)3-5-10;2*1-5(2,3)7-4-6;1-2/h6-10,15H,2-5,14H2,1H3;6-10,16H,2-5,14-15H2,1H3;2*4H,1-3H3;2H,1H3. The van der Waals surface area contributed by atoms with Gasteiger partial charge in [-0.15, -0.1) is 0 Å². The Morgan fingerprint density at radius 1 is 0.712 bits per heavy atom. The predicted octanol–water partition coefficient (Wildman–Crippen LogP) is 5.77. The Morgan fingerprint density at radius 3 is 1.40 bits per heavy atom. The van der Waals surface area contributed by atoms with Gasteiger partial charge in [0.1, 0.15) is 28.4 Å². The predicted molar refractivity (Wildman–Crippen MR) is 207 cm³/mol. The fourth-order valence-electron chi connectivity index (χ4n) is 4.96. The van der Waals surface area contributed by atoms with Gasteiger partial charge in [0, 0.05) is 49.5 Å². The van der Waals surface area contributed by atoms with Gasteiger partial charge in [-0.3, -0.25) is 19.7 Å². The monoisotopic (exact) mass is 736 g/mol. The maximum atomic E-state index is 11.0. The van der Waals surface area contributed by atoms with E-state index in [2.05, 4.69) is 20.1 Å². The van der Waals surface area contributed by atoms with Crippen LogP contribution in [-0.2, 0) is 19.1 Å². The number of nitrogen functional groups attached to an aromatic ring is 1. The van der Waals surface area contributed by atoms with Crippen molar-refractivity contribution in [1.82, 2.24) is 0 Å². The lowest BCUT2D eigenvalue weighted by Crippen LogP contribution is -2.32. The van der Waals surface area contributed by atoms with Crippen molar-refractivity contribution in [3.63, 3.8) is 0 Å². The minimum atomic E-state index is -0.379. The van der Waals surface area contributed by atoms with Crippen LogP contribution in [0.2, 0.25) is 0 Å². The third-order valence-electron chi connectivity index (χ3n) is 7.73. The van der Waals surface area contributed by atoms with Crippen molar-refractivity contribution in [3.8, 4) is 11.5 Å². The molecular formula is C37H64N6O9. The Kier molecular flexibility index (Phi) is 22.7. The van der Waals surface area contributed by atoms with Crippen LogP contribution in [0.1, 0.15) is 92.9 Å². The van der Waals surface area contributed by atoms with Crippen molar-refractivity contribution >= 4 is 35.7 Å². The van der Waals surface area contributed by atoms with E-state index in [9.17, 15) is 19.7 Å². The Hall–Kier alpha value is -4.34. The molecule has 9 N–H and O–H groups in total. The van der Waals surface area contributed by atoms with Crippen LogP contribution < -0.4 is 37.3 Å². The summed E-state index contributed by atoms with van der Waals surface area (Å²) in [4.78, 5) is 29.8. The van der Waals surface area contributed by atoms with Crippen molar-refractivity contribution in [2.75, 3.05) is 37.7 Å². The molecule has 0 spiro atoms. The minimum Gasteiger partial charge on any atom is -0.497 e. The number of anilines is 3. The largest absolute Gasteiger partial charge is 0.497 e. The zero-order valence-electron chi connectivity index (χ0n) is 32.5. The zero-order valence-corrected chi connectivity index (χ0v) is 32.5. The molecule has 2 aromatic carbocycles. The molecule has 0 bridgehead atoms. The van der Waals surface area contributed by atoms with Crippen LogP contribution >= 0.6 is 0 Å². The van der Waals surface area contributed by atoms with Gasteiger partial charge >= 0.3 is 0 Å². The first-order valence-electron chi connectivity index (χ1n) is 17.4. The van der Waals surface area contributed by atoms with Gasteiger partial charge in [0.25, 0.3) is 18.6 Å². The molecule has 0 atom stereocenters. The molecule has 15 heteroatoms. The molecule has 2 aliphatic carbocycles. The highest BCUT2D eigenvalue weighted by atomic mass is 16.6. The molecule has 0 saturated heterocycles. The van der Waals surface area contributed by atoms with Gasteiger partial charge in [0.15, 0.2) is 0 Å². The van der Waals surface area contributed by atoms with E-state index in [1.54, 1.807) is 26.4 Å². The third-order valence-corrected chi connectivity index (χ3v) is 7.73. The maximum Gasteiger partial charge on any atom is 0.293 e. The number of nitro groups is 1. The number of ether oxygens (including phenoxy) is 4. The Bertz CT molecular complexity index is 1280. The van der Waals surface area contributed by atoms with Gasteiger partial charge in [-0.2, -0.15) is 0 Å². The lowest BCUT2D eigenvalue weighted by atomic mass is 9.91. The second kappa shape index (κ2) is 24.8. The van der Waals surface area contributed by atoms with Gasteiger partial charge in [0.2, 0.25) is 0 Å². The molecule has 4 rings (SSSR count). The van der Waals surface area contributed by atoms with E-state index in [0.29, 0.717) is 36.5 Å². The zero-order chi connectivity index (χ0) is 39.9. The number of aliphatic hydroxyl groups excluding tert-OH is 1. The lowest BCUT2D eigenvalue weighted by molar-refractivity contribution is -0.384. The number of nitrogens with zero attached hydrogens (tertiary/aromatic N) is 1. The number of rotatable bonds is 9. The van der Waals surface area contributed by atoms with Crippen LogP contribution in [0.15, 0.2) is 36.4 Å². The number of carbonyl (C=O) groups is 2. The van der Waals surface area contributed by atoms with Crippen molar-refractivity contribution in [3.05, 3.63) is 46.5 Å². The second-order valence-electron chi connectivity index (χ2n) is 14.3. The molecule has 0 unspecified atom stereocenters. The van der Waals surface area contributed by atoms with Crippen molar-refractivity contribution in [2.45, 2.75) is 128 Å². The van der Waals surface area contributed by atoms with E-state index in [4.69, 9.17) is 31.8 Å². The normalized spacial score (nSPS) is 19.3. The van der Waals surface area contributed by atoms with Crippen LogP contribution in [0.3, 0.4) is 0 Å². The first kappa shape index (κ1) is 47.7. The summed E-state index contributed by atoms with van der Waals surface area (Å²) in [6.07, 6.45) is 8.18. The molecule has 2 fully saturated rings. The summed E-state index contributed by atoms with van der Waals surface area (Å²) >= 11 is 0. The number of nitrogens with one attached hydrogen (secondary N) is 2. The molecule has 0 amide bonds. The SMILES string of the molecule is CC(C)(C)OC=O.CC(C)(C)OC=O.CO.COc1ccc(N)c(NC2CCC(N)CC2)c1.COc1ccc([N+](=O)[O-])c(NC2CCC(N)CC2)c1. The number of aliphatic hydroxyl groups is 1. The van der Waals surface area contributed by atoms with E-state index >= 15 is 0 Å². The maximum absolute atomic E-state index is 11.0. The summed E-state index contributed by atoms with van der Waals surface area (Å²) in [5.41, 5.74) is 19.4. The number of nitro benzene ring substituents is 1. The molecule has 0 aromatic heterocycles. The summed E-state index contributed by atoms with van der Waals surface area (Å²) in [5, 5.41) is 24.8. The van der Waals surface area contributed by atoms with Crippen LogP contribution in [0.5, 0.6) is 11.5 Å². The molecule has 0 radical (unpaired) electrons. The Labute approximate surface area is 309 Å². The number of hydrogen-bond acceptors (Lipinski definition) is 14. The van der Waals surface area contributed by atoms with Crippen LogP contribution in [0.4, 0.5) is 22.7 Å². The first-order chi connectivity index (χ1) is 24.4. The van der Waals surface area contributed by atoms with Crippen molar-refractivity contribution in [1.29, 1.82) is 0 Å². The molecule has 0 heterocycles. The van der Waals surface area contributed by atoms with Gasteiger partial charge in [-0.05, 0) is 111 Å². The van der Waals surface area contributed by atoms with Crippen molar-refractivity contribution in [2.24, 2.45) is 11.5 Å². The molecule has 0 aliphatic heterocycles. The van der Waals surface area contributed by atoms with E-state index in [0.717, 1.165) is 75.6 Å². The average molecular weight is 737 g/mol. The molecular weight excluding hydrogens is 672 g/mol.